The van der Waals surface area contributed by atoms with E-state index in [1.54, 1.807) is 0 Å². The molecule has 0 aliphatic carbocycles. The van der Waals surface area contributed by atoms with Crippen LogP contribution in [-0.2, 0) is 4.79 Å². The molecule has 0 heterocycles. The topological polar surface area (TPSA) is 29.1 Å². The van der Waals surface area contributed by atoms with Crippen LogP contribution in [0.15, 0.2) is 12.1 Å². The highest BCUT2D eigenvalue weighted by molar-refractivity contribution is 5.88. The van der Waals surface area contributed by atoms with Crippen molar-refractivity contribution in [1.82, 2.24) is 0 Å². The maximum absolute atomic E-state index is 12.8. The van der Waals surface area contributed by atoms with Crippen LogP contribution in [0.2, 0.25) is 0 Å². The predicted octanol–water partition coefficient (Wildman–Crippen LogP) is 2.06. The van der Waals surface area contributed by atoms with E-state index < -0.39 is 23.4 Å². The number of hydrogen-bond donors (Lipinski definition) is 1. The molecule has 1 rings (SSSR count). The van der Waals surface area contributed by atoms with Gasteiger partial charge in [-0.3, -0.25) is 4.79 Å². The van der Waals surface area contributed by atoms with Crippen molar-refractivity contribution in [3.8, 4) is 0 Å². The van der Waals surface area contributed by atoms with Crippen LogP contribution in [0.3, 0.4) is 0 Å². The van der Waals surface area contributed by atoms with Gasteiger partial charge in [-0.2, -0.15) is 0 Å². The second kappa shape index (κ2) is 3.47. The van der Waals surface area contributed by atoms with Gasteiger partial charge in [0.05, 0.1) is 5.69 Å². The van der Waals surface area contributed by atoms with Gasteiger partial charge in [0, 0.05) is 6.92 Å². The second-order valence-electron chi connectivity index (χ2n) is 2.40. The molecule has 0 saturated carbocycles. The molecule has 1 amide bonds. The SMILES string of the molecule is CC(=O)Nc1ccc(F)c(F)c1F. The number of halogens is 3. The Morgan fingerprint density at radius 3 is 2.38 bits per heavy atom. The molecule has 0 unspecified atom stereocenters. The molecular formula is C8H6F3NO. The predicted molar refractivity (Wildman–Crippen MR) is 40.6 cm³/mol. The van der Waals surface area contributed by atoms with E-state index in [9.17, 15) is 18.0 Å². The van der Waals surface area contributed by atoms with Crippen LogP contribution in [0.4, 0.5) is 18.9 Å². The van der Waals surface area contributed by atoms with E-state index in [1.165, 1.54) is 0 Å². The Bertz CT molecular complexity index is 351. The summed E-state index contributed by atoms with van der Waals surface area (Å²) in [6.45, 7) is 1.14. The van der Waals surface area contributed by atoms with E-state index in [-0.39, 0.29) is 5.69 Å². The van der Waals surface area contributed by atoms with Crippen molar-refractivity contribution in [1.29, 1.82) is 0 Å². The van der Waals surface area contributed by atoms with Gasteiger partial charge in [-0.15, -0.1) is 0 Å². The molecular weight excluding hydrogens is 183 g/mol. The quantitative estimate of drug-likeness (QED) is 0.673. The standard InChI is InChI=1S/C8H6F3NO/c1-4(13)12-6-3-2-5(9)7(10)8(6)11/h2-3H,1H3,(H,12,13). The van der Waals surface area contributed by atoms with Crippen molar-refractivity contribution < 1.29 is 18.0 Å². The molecule has 70 valence electrons. The fraction of sp³-hybridized carbons (Fsp3) is 0.125. The van der Waals surface area contributed by atoms with Gasteiger partial charge in [-0.25, -0.2) is 13.2 Å². The first-order valence-corrected chi connectivity index (χ1v) is 3.43. The second-order valence-corrected chi connectivity index (χ2v) is 2.40. The average molecular weight is 189 g/mol. The normalized spacial score (nSPS) is 9.85. The van der Waals surface area contributed by atoms with E-state index >= 15 is 0 Å². The third-order valence-electron chi connectivity index (χ3n) is 1.35. The number of amides is 1. The van der Waals surface area contributed by atoms with Crippen LogP contribution >= 0.6 is 0 Å². The Labute approximate surface area is 72.4 Å². The zero-order valence-corrected chi connectivity index (χ0v) is 6.70. The molecule has 5 heteroatoms. The maximum Gasteiger partial charge on any atom is 0.221 e. The Hall–Kier alpha value is -1.52. The van der Waals surface area contributed by atoms with E-state index in [2.05, 4.69) is 0 Å². The summed E-state index contributed by atoms with van der Waals surface area (Å²) in [4.78, 5) is 10.5. The molecule has 0 fully saturated rings. The first-order chi connectivity index (χ1) is 6.02. The molecule has 1 N–H and O–H groups in total. The van der Waals surface area contributed by atoms with Crippen molar-refractivity contribution in [2.75, 3.05) is 5.32 Å². The van der Waals surface area contributed by atoms with Crippen molar-refractivity contribution in [3.63, 3.8) is 0 Å². The number of hydrogen-bond acceptors (Lipinski definition) is 1. The highest BCUT2D eigenvalue weighted by atomic mass is 19.2. The number of rotatable bonds is 1. The fourth-order valence-electron chi connectivity index (χ4n) is 0.812. The lowest BCUT2D eigenvalue weighted by molar-refractivity contribution is -0.114. The van der Waals surface area contributed by atoms with Crippen LogP contribution in [0, 0.1) is 17.5 Å². The number of nitrogens with one attached hydrogen (secondary N) is 1. The highest BCUT2D eigenvalue weighted by Gasteiger charge is 2.13. The van der Waals surface area contributed by atoms with E-state index in [0.29, 0.717) is 0 Å². The zero-order valence-electron chi connectivity index (χ0n) is 6.70. The molecule has 13 heavy (non-hydrogen) atoms. The minimum absolute atomic E-state index is 0.369. The van der Waals surface area contributed by atoms with Crippen molar-refractivity contribution in [3.05, 3.63) is 29.6 Å². The fourth-order valence-corrected chi connectivity index (χ4v) is 0.812. The summed E-state index contributed by atoms with van der Waals surface area (Å²) >= 11 is 0. The summed E-state index contributed by atoms with van der Waals surface area (Å²) in [5, 5.41) is 2.02. The summed E-state index contributed by atoms with van der Waals surface area (Å²) in [7, 11) is 0. The Morgan fingerprint density at radius 1 is 1.23 bits per heavy atom. The minimum Gasteiger partial charge on any atom is -0.324 e. The van der Waals surface area contributed by atoms with Gasteiger partial charge in [0.1, 0.15) is 0 Å². The van der Waals surface area contributed by atoms with Crippen LogP contribution in [0.25, 0.3) is 0 Å². The first kappa shape index (κ1) is 9.57. The Morgan fingerprint density at radius 2 is 1.85 bits per heavy atom. The van der Waals surface area contributed by atoms with Gasteiger partial charge < -0.3 is 5.32 Å². The summed E-state index contributed by atoms with van der Waals surface area (Å²) in [6, 6.07) is 1.69. The van der Waals surface area contributed by atoms with Crippen molar-refractivity contribution in [2.45, 2.75) is 6.92 Å². The van der Waals surface area contributed by atoms with E-state index in [1.807, 2.05) is 5.32 Å². The lowest BCUT2D eigenvalue weighted by Crippen LogP contribution is -2.08. The molecule has 0 spiro atoms. The number of carbonyl (C=O) groups excluding carboxylic acids is 1. The van der Waals surface area contributed by atoms with Crippen molar-refractivity contribution >= 4 is 11.6 Å². The summed E-state index contributed by atoms with van der Waals surface area (Å²) in [5.41, 5.74) is -0.369. The molecule has 0 atom stereocenters. The van der Waals surface area contributed by atoms with Gasteiger partial charge in [0.15, 0.2) is 17.5 Å². The largest absolute Gasteiger partial charge is 0.324 e. The van der Waals surface area contributed by atoms with Gasteiger partial charge in [-0.1, -0.05) is 0 Å². The Kier molecular flexibility index (Phi) is 2.55. The molecule has 0 aliphatic rings. The smallest absolute Gasteiger partial charge is 0.221 e. The van der Waals surface area contributed by atoms with Gasteiger partial charge >= 0.3 is 0 Å². The number of anilines is 1. The summed E-state index contributed by atoms with van der Waals surface area (Å²) in [5.74, 6) is -4.82. The van der Waals surface area contributed by atoms with E-state index in [0.717, 1.165) is 19.1 Å². The maximum atomic E-state index is 12.8. The third-order valence-corrected chi connectivity index (χ3v) is 1.35. The molecule has 1 aromatic carbocycles. The third kappa shape index (κ3) is 1.99. The van der Waals surface area contributed by atoms with Crippen molar-refractivity contribution in [2.24, 2.45) is 0 Å². The number of benzene rings is 1. The monoisotopic (exact) mass is 189 g/mol. The van der Waals surface area contributed by atoms with Gasteiger partial charge in [0.25, 0.3) is 0 Å². The van der Waals surface area contributed by atoms with Crippen LogP contribution in [0.1, 0.15) is 6.92 Å². The lowest BCUT2D eigenvalue weighted by atomic mass is 10.3. The van der Waals surface area contributed by atoms with E-state index in [4.69, 9.17) is 0 Å². The van der Waals surface area contributed by atoms with Crippen LogP contribution in [-0.4, -0.2) is 5.91 Å². The summed E-state index contributed by atoms with van der Waals surface area (Å²) in [6.07, 6.45) is 0. The van der Waals surface area contributed by atoms with Crippen LogP contribution < -0.4 is 5.32 Å². The van der Waals surface area contributed by atoms with Gasteiger partial charge in [0.2, 0.25) is 5.91 Å². The Balaban J connectivity index is 3.10. The molecule has 2 nitrogen and oxygen atoms in total. The average Bonchev–Trinajstić information content (AvgIpc) is 2.06. The van der Waals surface area contributed by atoms with Crippen LogP contribution in [0.5, 0.6) is 0 Å². The molecule has 0 saturated heterocycles. The lowest BCUT2D eigenvalue weighted by Gasteiger charge is -2.03. The zero-order chi connectivity index (χ0) is 10.0. The molecule has 0 bridgehead atoms. The first-order valence-electron chi connectivity index (χ1n) is 3.43. The van der Waals surface area contributed by atoms with Gasteiger partial charge in [-0.05, 0) is 12.1 Å². The molecule has 1 aromatic rings. The molecule has 0 radical (unpaired) electrons. The molecule has 0 aliphatic heterocycles. The number of carbonyl (C=O) groups is 1. The summed E-state index contributed by atoms with van der Waals surface area (Å²) < 4.78 is 37.7. The highest BCUT2D eigenvalue weighted by Crippen LogP contribution is 2.19. The molecule has 0 aromatic heterocycles. The minimum atomic E-state index is -1.59.